The van der Waals surface area contributed by atoms with Gasteiger partial charge in [-0.05, 0) is 48.9 Å². The van der Waals surface area contributed by atoms with E-state index in [1.807, 2.05) is 6.07 Å². The van der Waals surface area contributed by atoms with Crippen LogP contribution >= 0.6 is 0 Å². The molecule has 0 spiro atoms. The van der Waals surface area contributed by atoms with Gasteiger partial charge in [0.1, 0.15) is 11.6 Å². The summed E-state index contributed by atoms with van der Waals surface area (Å²) in [6, 6.07) is 10.4. The summed E-state index contributed by atoms with van der Waals surface area (Å²) in [6.07, 6.45) is 0. The van der Waals surface area contributed by atoms with Gasteiger partial charge < -0.3 is 5.32 Å². The maximum Gasteiger partial charge on any atom is 0.147 e. The van der Waals surface area contributed by atoms with E-state index in [1.54, 1.807) is 13.0 Å². The van der Waals surface area contributed by atoms with E-state index in [2.05, 4.69) is 5.32 Å². The first kappa shape index (κ1) is 12.1. The summed E-state index contributed by atoms with van der Waals surface area (Å²) in [5.74, 6) is -0.822. The van der Waals surface area contributed by atoms with Crippen molar-refractivity contribution in [3.63, 3.8) is 0 Å². The summed E-state index contributed by atoms with van der Waals surface area (Å²) in [6.45, 7) is 1.63. The van der Waals surface area contributed by atoms with E-state index in [1.165, 1.54) is 24.3 Å². The Bertz CT molecular complexity index is 630. The number of nitrogens with one attached hydrogen (secondary N) is 1. The summed E-state index contributed by atoms with van der Waals surface area (Å²) < 4.78 is 26.7. The number of halogens is 2. The van der Waals surface area contributed by atoms with Gasteiger partial charge in [-0.15, -0.1) is 0 Å². The van der Waals surface area contributed by atoms with Crippen molar-refractivity contribution in [3.8, 4) is 6.07 Å². The van der Waals surface area contributed by atoms with Crippen LogP contribution in [0, 0.1) is 29.9 Å². The molecule has 0 aliphatic rings. The third kappa shape index (κ3) is 2.46. The summed E-state index contributed by atoms with van der Waals surface area (Å²) in [5, 5.41) is 11.5. The van der Waals surface area contributed by atoms with Crippen molar-refractivity contribution in [1.29, 1.82) is 5.26 Å². The fourth-order valence-corrected chi connectivity index (χ4v) is 1.56. The number of nitriles is 1. The van der Waals surface area contributed by atoms with E-state index in [9.17, 15) is 8.78 Å². The number of nitrogens with zero attached hydrogens (tertiary/aromatic N) is 1. The molecule has 0 saturated heterocycles. The molecule has 1 N–H and O–H groups in total. The standard InChI is InChI=1S/C14H10F2N2/c1-9-6-11(3-4-12(9)15)18-14-5-2-10(8-17)7-13(14)16/h2-7,18H,1H3. The Balaban J connectivity index is 2.29. The number of hydrogen-bond donors (Lipinski definition) is 1. The van der Waals surface area contributed by atoms with Crippen molar-refractivity contribution in [1.82, 2.24) is 0 Å². The average molecular weight is 244 g/mol. The second-order valence-corrected chi connectivity index (χ2v) is 3.90. The first-order valence-corrected chi connectivity index (χ1v) is 5.33. The van der Waals surface area contributed by atoms with Crippen LogP contribution < -0.4 is 5.32 Å². The van der Waals surface area contributed by atoms with E-state index in [0.717, 1.165) is 6.07 Å². The highest BCUT2D eigenvalue weighted by atomic mass is 19.1. The van der Waals surface area contributed by atoms with Crippen LogP contribution in [0.1, 0.15) is 11.1 Å². The van der Waals surface area contributed by atoms with Crippen LogP contribution in [-0.4, -0.2) is 0 Å². The lowest BCUT2D eigenvalue weighted by atomic mass is 10.2. The van der Waals surface area contributed by atoms with Gasteiger partial charge in [-0.25, -0.2) is 8.78 Å². The van der Waals surface area contributed by atoms with Gasteiger partial charge in [0.2, 0.25) is 0 Å². The van der Waals surface area contributed by atoms with Crippen molar-refractivity contribution in [2.45, 2.75) is 6.92 Å². The summed E-state index contributed by atoms with van der Waals surface area (Å²) in [4.78, 5) is 0. The largest absolute Gasteiger partial charge is 0.353 e. The van der Waals surface area contributed by atoms with Crippen molar-refractivity contribution in [3.05, 3.63) is 59.2 Å². The lowest BCUT2D eigenvalue weighted by Gasteiger charge is -2.08. The zero-order chi connectivity index (χ0) is 13.1. The van der Waals surface area contributed by atoms with E-state index < -0.39 is 5.82 Å². The van der Waals surface area contributed by atoms with Crippen LogP contribution in [-0.2, 0) is 0 Å². The van der Waals surface area contributed by atoms with Crippen LogP contribution in [0.5, 0.6) is 0 Å². The molecule has 0 radical (unpaired) electrons. The van der Waals surface area contributed by atoms with Crippen molar-refractivity contribution in [2.24, 2.45) is 0 Å². The van der Waals surface area contributed by atoms with E-state index in [4.69, 9.17) is 5.26 Å². The third-order valence-electron chi connectivity index (χ3n) is 2.54. The molecule has 0 bridgehead atoms. The topological polar surface area (TPSA) is 35.8 Å². The molecule has 2 aromatic carbocycles. The minimum absolute atomic E-state index is 0.250. The fraction of sp³-hybridized carbons (Fsp3) is 0.0714. The number of benzene rings is 2. The van der Waals surface area contributed by atoms with Crippen LogP contribution in [0.25, 0.3) is 0 Å². The highest BCUT2D eigenvalue weighted by Gasteiger charge is 2.05. The zero-order valence-corrected chi connectivity index (χ0v) is 9.67. The van der Waals surface area contributed by atoms with E-state index in [0.29, 0.717) is 11.3 Å². The van der Waals surface area contributed by atoms with Gasteiger partial charge in [0.15, 0.2) is 0 Å². The molecule has 0 unspecified atom stereocenters. The summed E-state index contributed by atoms with van der Waals surface area (Å²) >= 11 is 0. The molecule has 0 saturated carbocycles. The van der Waals surface area contributed by atoms with Gasteiger partial charge in [-0.3, -0.25) is 0 Å². The maximum atomic E-state index is 13.6. The second-order valence-electron chi connectivity index (χ2n) is 3.90. The summed E-state index contributed by atoms with van der Waals surface area (Å²) in [7, 11) is 0. The SMILES string of the molecule is Cc1cc(Nc2ccc(C#N)cc2F)ccc1F. The normalized spacial score (nSPS) is 9.89. The second kappa shape index (κ2) is 4.84. The first-order valence-electron chi connectivity index (χ1n) is 5.33. The number of hydrogen-bond acceptors (Lipinski definition) is 2. The average Bonchev–Trinajstić information content (AvgIpc) is 2.36. The molecular formula is C14H10F2N2. The summed E-state index contributed by atoms with van der Waals surface area (Å²) in [5.41, 5.74) is 1.58. The van der Waals surface area contributed by atoms with Gasteiger partial charge >= 0.3 is 0 Å². The molecule has 0 amide bonds. The molecular weight excluding hydrogens is 234 g/mol. The minimum Gasteiger partial charge on any atom is -0.353 e. The Morgan fingerprint density at radius 2 is 1.83 bits per heavy atom. The Morgan fingerprint density at radius 3 is 2.44 bits per heavy atom. The quantitative estimate of drug-likeness (QED) is 0.869. The molecule has 0 aromatic heterocycles. The van der Waals surface area contributed by atoms with Crippen molar-refractivity contribution >= 4 is 11.4 Å². The van der Waals surface area contributed by atoms with Crippen molar-refractivity contribution in [2.75, 3.05) is 5.32 Å². The Labute approximate surface area is 103 Å². The molecule has 2 rings (SSSR count). The number of anilines is 2. The van der Waals surface area contributed by atoms with Crippen LogP contribution in [0.15, 0.2) is 36.4 Å². The predicted molar refractivity (Wildman–Crippen MR) is 65.5 cm³/mol. The maximum absolute atomic E-state index is 13.6. The van der Waals surface area contributed by atoms with Crippen LogP contribution in [0.2, 0.25) is 0 Å². The van der Waals surface area contributed by atoms with Crippen LogP contribution in [0.3, 0.4) is 0 Å². The molecule has 4 heteroatoms. The third-order valence-corrected chi connectivity index (χ3v) is 2.54. The minimum atomic E-state index is -0.518. The number of rotatable bonds is 2. The molecule has 18 heavy (non-hydrogen) atoms. The van der Waals surface area contributed by atoms with Crippen LogP contribution in [0.4, 0.5) is 20.2 Å². The van der Waals surface area contributed by atoms with Gasteiger partial charge in [0.05, 0.1) is 17.3 Å². The monoisotopic (exact) mass is 244 g/mol. The highest BCUT2D eigenvalue weighted by molar-refractivity contribution is 5.61. The molecule has 0 atom stereocenters. The lowest BCUT2D eigenvalue weighted by Crippen LogP contribution is -1.95. The van der Waals surface area contributed by atoms with Gasteiger partial charge in [-0.1, -0.05) is 0 Å². The van der Waals surface area contributed by atoms with Gasteiger partial charge in [0.25, 0.3) is 0 Å². The zero-order valence-electron chi connectivity index (χ0n) is 9.67. The molecule has 0 aliphatic carbocycles. The Kier molecular flexibility index (Phi) is 3.24. The molecule has 2 nitrogen and oxygen atoms in total. The lowest BCUT2D eigenvalue weighted by molar-refractivity contribution is 0.618. The molecule has 2 aromatic rings. The Hall–Kier alpha value is -2.41. The Morgan fingerprint density at radius 1 is 1.06 bits per heavy atom. The van der Waals surface area contributed by atoms with Crippen molar-refractivity contribution < 1.29 is 8.78 Å². The molecule has 0 fully saturated rings. The van der Waals surface area contributed by atoms with Gasteiger partial charge in [-0.2, -0.15) is 5.26 Å². The number of aryl methyl sites for hydroxylation is 1. The highest BCUT2D eigenvalue weighted by Crippen LogP contribution is 2.22. The molecule has 0 heterocycles. The van der Waals surface area contributed by atoms with E-state index in [-0.39, 0.29) is 17.1 Å². The smallest absolute Gasteiger partial charge is 0.147 e. The first-order chi connectivity index (χ1) is 8.60. The molecule has 0 aliphatic heterocycles. The fourth-order valence-electron chi connectivity index (χ4n) is 1.56. The van der Waals surface area contributed by atoms with E-state index >= 15 is 0 Å². The van der Waals surface area contributed by atoms with Gasteiger partial charge in [0, 0.05) is 5.69 Å². The molecule has 90 valence electrons. The predicted octanol–water partition coefficient (Wildman–Crippen LogP) is 3.89.